The van der Waals surface area contributed by atoms with Gasteiger partial charge in [-0.05, 0) is 12.8 Å². The maximum Gasteiger partial charge on any atom is 0.306 e. The second-order valence-corrected chi connectivity index (χ2v) is 24.9. The molecule has 0 aliphatic carbocycles. The van der Waals surface area contributed by atoms with Crippen LogP contribution in [0.15, 0.2) is 0 Å². The Labute approximate surface area is 454 Å². The lowest BCUT2D eigenvalue weighted by Crippen LogP contribution is -2.37. The van der Waals surface area contributed by atoms with Gasteiger partial charge in [-0.1, -0.05) is 316 Å². The SMILES string of the molecule is CCCCCCCCCCCCCCCCCCCCCCCCCCCCC(=O)OC(COC(=O)CCCCCCCCCCCCCCCCCCCCCCCCC)COP(=O)([O-])OCC[N+](C)(C)C. The van der Waals surface area contributed by atoms with Crippen molar-refractivity contribution in [3.8, 4) is 0 Å². The number of esters is 2. The van der Waals surface area contributed by atoms with Crippen molar-refractivity contribution in [1.29, 1.82) is 0 Å². The topological polar surface area (TPSA) is 111 Å². The Hall–Kier alpha value is -0.990. The van der Waals surface area contributed by atoms with Crippen molar-refractivity contribution in [2.24, 2.45) is 0 Å². The van der Waals surface area contributed by atoms with Gasteiger partial charge in [-0.15, -0.1) is 0 Å². The number of phosphoric acid groups is 1. The molecule has 2 atom stereocenters. The molecule has 0 heterocycles. The van der Waals surface area contributed by atoms with E-state index in [2.05, 4.69) is 13.8 Å². The molecule has 436 valence electrons. The number of rotatable bonds is 61. The van der Waals surface area contributed by atoms with Crippen LogP contribution >= 0.6 is 7.82 Å². The number of ether oxygens (including phenoxy) is 2. The lowest BCUT2D eigenvalue weighted by molar-refractivity contribution is -0.870. The van der Waals surface area contributed by atoms with Crippen LogP contribution in [0.5, 0.6) is 0 Å². The first-order chi connectivity index (χ1) is 35.5. The third kappa shape index (κ3) is 60.1. The maximum atomic E-state index is 12.8. The van der Waals surface area contributed by atoms with Crippen LogP contribution in [-0.4, -0.2) is 70.0 Å². The van der Waals surface area contributed by atoms with Gasteiger partial charge in [-0.3, -0.25) is 14.2 Å². The predicted molar refractivity (Wildman–Crippen MR) is 310 cm³/mol. The van der Waals surface area contributed by atoms with Gasteiger partial charge < -0.3 is 27.9 Å². The third-order valence-electron chi connectivity index (χ3n) is 14.9. The number of carbonyl (C=O) groups is 2. The van der Waals surface area contributed by atoms with Crippen LogP contribution < -0.4 is 4.89 Å². The first kappa shape index (κ1) is 72.0. The highest BCUT2D eigenvalue weighted by Gasteiger charge is 2.22. The van der Waals surface area contributed by atoms with Crippen LogP contribution in [0, 0.1) is 0 Å². The summed E-state index contributed by atoms with van der Waals surface area (Å²) in [5.41, 5.74) is 0. The van der Waals surface area contributed by atoms with Crippen LogP contribution in [0.25, 0.3) is 0 Å². The summed E-state index contributed by atoms with van der Waals surface area (Å²) in [6, 6.07) is 0. The molecule has 0 amide bonds. The number of nitrogens with zero attached hydrogens (tertiary/aromatic N) is 1. The van der Waals surface area contributed by atoms with E-state index in [0.29, 0.717) is 17.4 Å². The van der Waals surface area contributed by atoms with Crippen molar-refractivity contribution in [3.63, 3.8) is 0 Å². The van der Waals surface area contributed by atoms with Crippen molar-refractivity contribution in [3.05, 3.63) is 0 Å². The van der Waals surface area contributed by atoms with Crippen LogP contribution in [0.1, 0.15) is 341 Å². The summed E-state index contributed by atoms with van der Waals surface area (Å²) in [4.78, 5) is 38.0. The van der Waals surface area contributed by atoms with E-state index < -0.39 is 26.5 Å². The second-order valence-electron chi connectivity index (χ2n) is 23.5. The highest BCUT2D eigenvalue weighted by molar-refractivity contribution is 7.45. The minimum absolute atomic E-state index is 0.0249. The van der Waals surface area contributed by atoms with Gasteiger partial charge in [0.15, 0.2) is 6.10 Å². The molecular formula is C63H126NO8P. The van der Waals surface area contributed by atoms with Crippen LogP contribution in [0.3, 0.4) is 0 Å². The molecule has 0 radical (unpaired) electrons. The normalized spacial score (nSPS) is 13.1. The van der Waals surface area contributed by atoms with E-state index in [1.165, 1.54) is 276 Å². The molecule has 0 aromatic carbocycles. The fourth-order valence-corrected chi connectivity index (χ4v) is 10.6. The second kappa shape index (κ2) is 55.8. The molecule has 0 bridgehead atoms. The Bertz CT molecular complexity index is 1200. The summed E-state index contributed by atoms with van der Waals surface area (Å²) in [5, 5.41) is 0. The maximum absolute atomic E-state index is 12.8. The number of hydrogen-bond acceptors (Lipinski definition) is 8. The van der Waals surface area contributed by atoms with E-state index >= 15 is 0 Å². The van der Waals surface area contributed by atoms with Gasteiger partial charge >= 0.3 is 11.9 Å². The van der Waals surface area contributed by atoms with Crippen LogP contribution in [0.2, 0.25) is 0 Å². The minimum Gasteiger partial charge on any atom is -0.756 e. The largest absolute Gasteiger partial charge is 0.756 e. The zero-order chi connectivity index (χ0) is 53.5. The average Bonchev–Trinajstić information content (AvgIpc) is 3.35. The van der Waals surface area contributed by atoms with Gasteiger partial charge in [0.05, 0.1) is 27.7 Å². The third-order valence-corrected chi connectivity index (χ3v) is 15.8. The molecule has 0 aromatic rings. The van der Waals surface area contributed by atoms with E-state index in [9.17, 15) is 19.0 Å². The van der Waals surface area contributed by atoms with E-state index in [0.717, 1.165) is 32.1 Å². The van der Waals surface area contributed by atoms with Gasteiger partial charge in [-0.2, -0.15) is 0 Å². The van der Waals surface area contributed by atoms with Crippen LogP contribution in [0.4, 0.5) is 0 Å². The highest BCUT2D eigenvalue weighted by Crippen LogP contribution is 2.38. The zero-order valence-electron chi connectivity index (χ0n) is 49.6. The fraction of sp³-hybridized carbons (Fsp3) is 0.968. The van der Waals surface area contributed by atoms with E-state index in [1.54, 1.807) is 0 Å². The summed E-state index contributed by atoms with van der Waals surface area (Å²) in [5.74, 6) is -0.806. The Morgan fingerprint density at radius 2 is 0.616 bits per heavy atom. The molecule has 10 heteroatoms. The number of unbranched alkanes of at least 4 members (excludes halogenated alkanes) is 47. The van der Waals surface area contributed by atoms with Crippen molar-refractivity contribution < 1.29 is 42.1 Å². The number of quaternary nitrogens is 1. The van der Waals surface area contributed by atoms with Gasteiger partial charge in [0.1, 0.15) is 19.8 Å². The summed E-state index contributed by atoms with van der Waals surface area (Å²) in [6.45, 7) is 4.33. The first-order valence-electron chi connectivity index (χ1n) is 32.2. The monoisotopic (exact) mass is 1060 g/mol. The standard InChI is InChI=1S/C63H126NO8P/c1-6-8-10-12-14-16-18-20-22-24-26-28-30-31-32-34-36-38-40-42-44-46-48-50-52-54-56-63(66)72-61(60-71-73(67,68)70-58-57-64(3,4)5)59-69-62(65)55-53-51-49-47-45-43-41-39-37-35-33-29-27-25-23-21-19-17-15-13-11-9-7-2/h61H,6-60H2,1-5H3. The highest BCUT2D eigenvalue weighted by atomic mass is 31.2. The molecule has 0 rings (SSSR count). The summed E-state index contributed by atoms with van der Waals surface area (Å²) >= 11 is 0. The van der Waals surface area contributed by atoms with Crippen molar-refractivity contribution in [2.45, 2.75) is 347 Å². The van der Waals surface area contributed by atoms with Crippen LogP contribution in [-0.2, 0) is 32.7 Å². The summed E-state index contributed by atoms with van der Waals surface area (Å²) in [7, 11) is 1.19. The molecular weight excluding hydrogens is 930 g/mol. The van der Waals surface area contributed by atoms with Gasteiger partial charge in [0.2, 0.25) is 0 Å². The molecule has 0 N–H and O–H groups in total. The zero-order valence-corrected chi connectivity index (χ0v) is 50.5. The van der Waals surface area contributed by atoms with E-state index in [1.807, 2.05) is 21.1 Å². The minimum atomic E-state index is -4.63. The Balaban J connectivity index is 4.03. The Morgan fingerprint density at radius 3 is 0.877 bits per heavy atom. The summed E-state index contributed by atoms with van der Waals surface area (Å²) < 4.78 is 34.3. The van der Waals surface area contributed by atoms with Crippen molar-refractivity contribution >= 4 is 19.8 Å². The molecule has 0 saturated heterocycles. The quantitative estimate of drug-likeness (QED) is 0.0256. The molecule has 9 nitrogen and oxygen atoms in total. The number of hydrogen-bond donors (Lipinski definition) is 0. The molecule has 73 heavy (non-hydrogen) atoms. The molecule has 0 fully saturated rings. The number of carbonyl (C=O) groups excluding carboxylic acids is 2. The van der Waals surface area contributed by atoms with Gasteiger partial charge in [-0.25, -0.2) is 0 Å². The fourth-order valence-electron chi connectivity index (χ4n) is 9.90. The number of likely N-dealkylation sites (N-methyl/N-ethyl adjacent to an activating group) is 1. The van der Waals surface area contributed by atoms with Gasteiger partial charge in [0.25, 0.3) is 7.82 Å². The van der Waals surface area contributed by atoms with Gasteiger partial charge in [0, 0.05) is 12.8 Å². The summed E-state index contributed by atoms with van der Waals surface area (Å²) in [6.07, 6.45) is 64.5. The lowest BCUT2D eigenvalue weighted by Gasteiger charge is -2.28. The molecule has 0 spiro atoms. The molecule has 0 saturated carbocycles. The number of phosphoric ester groups is 1. The van der Waals surface area contributed by atoms with Crippen molar-refractivity contribution in [1.82, 2.24) is 0 Å². The van der Waals surface area contributed by atoms with E-state index in [4.69, 9.17) is 18.5 Å². The molecule has 0 aromatic heterocycles. The predicted octanol–water partition coefficient (Wildman–Crippen LogP) is 19.6. The average molecular weight is 1060 g/mol. The first-order valence-corrected chi connectivity index (χ1v) is 33.7. The van der Waals surface area contributed by atoms with Crippen molar-refractivity contribution in [2.75, 3.05) is 47.5 Å². The molecule has 0 aliphatic rings. The molecule has 0 aliphatic heterocycles. The Kier molecular flexibility index (Phi) is 55.0. The Morgan fingerprint density at radius 1 is 0.370 bits per heavy atom. The van der Waals surface area contributed by atoms with E-state index in [-0.39, 0.29) is 32.0 Å². The molecule has 2 unspecified atom stereocenters. The smallest absolute Gasteiger partial charge is 0.306 e. The lowest BCUT2D eigenvalue weighted by atomic mass is 10.0.